The summed E-state index contributed by atoms with van der Waals surface area (Å²) in [6.07, 6.45) is 2.89. The van der Waals surface area contributed by atoms with E-state index >= 15 is 0 Å². The average Bonchev–Trinajstić information content (AvgIpc) is 3.62. The zero-order valence-corrected chi connectivity index (χ0v) is 24.2. The summed E-state index contributed by atoms with van der Waals surface area (Å²) >= 11 is 0. The minimum atomic E-state index is -4.08. The number of nitrogens with zero attached hydrogens (tertiary/aromatic N) is 6. The predicted octanol–water partition coefficient (Wildman–Crippen LogP) is 2.88. The van der Waals surface area contributed by atoms with E-state index in [0.29, 0.717) is 42.6 Å². The fraction of sp³-hybridized carbons (Fsp3) is 0.538. The molecule has 5 rings (SSSR count). The topological polar surface area (TPSA) is 143 Å². The first-order chi connectivity index (χ1) is 19.7. The van der Waals surface area contributed by atoms with Gasteiger partial charge in [0, 0.05) is 19.7 Å². The van der Waals surface area contributed by atoms with Crippen molar-refractivity contribution >= 4 is 21.9 Å². The first-order valence-corrected chi connectivity index (χ1v) is 14.9. The van der Waals surface area contributed by atoms with Crippen LogP contribution in [0, 0.1) is 5.82 Å². The third-order valence-electron chi connectivity index (χ3n) is 6.93. The normalized spacial score (nSPS) is 21.3. The molecule has 3 atom stereocenters. The Balaban J connectivity index is 1.52. The average molecular weight is 592 g/mol. The van der Waals surface area contributed by atoms with Gasteiger partial charge in [-0.1, -0.05) is 6.07 Å². The minimum absolute atomic E-state index is 0.0326. The Morgan fingerprint density at radius 2 is 1.80 bits per heavy atom. The third-order valence-corrected chi connectivity index (χ3v) is 8.62. The standard InChI is InChI=1S/C26H34FN7O6S/c1-16(2)40-18-11-19(15-33(14-18)25-28-12-17(27)13-29-25)41(35,36)32-26-31-30-24(22-9-6-10-39-22)34(26)23-20(37-3)7-5-8-21(23)38-4/h5,7-8,12-13,16,18-19,22H,6,9-11,14-15H2,1-4H3,(H,31,32)/t18-,19-,22+/m0/s1. The van der Waals surface area contributed by atoms with E-state index in [1.807, 2.05) is 13.8 Å². The molecular formula is C26H34FN7O6S. The molecule has 222 valence electrons. The Bertz CT molecular complexity index is 1420. The van der Waals surface area contributed by atoms with Crippen LogP contribution in [0.3, 0.4) is 0 Å². The van der Waals surface area contributed by atoms with Crippen LogP contribution in [0.1, 0.15) is 45.0 Å². The Morgan fingerprint density at radius 1 is 1.10 bits per heavy atom. The minimum Gasteiger partial charge on any atom is -0.494 e. The van der Waals surface area contributed by atoms with Gasteiger partial charge < -0.3 is 23.8 Å². The van der Waals surface area contributed by atoms with Crippen molar-refractivity contribution in [3.63, 3.8) is 0 Å². The van der Waals surface area contributed by atoms with Crippen LogP contribution in [0.2, 0.25) is 0 Å². The van der Waals surface area contributed by atoms with Gasteiger partial charge in [0.2, 0.25) is 21.9 Å². The van der Waals surface area contributed by atoms with Gasteiger partial charge in [-0.25, -0.2) is 22.8 Å². The molecule has 15 heteroatoms. The number of para-hydroxylation sites is 1. The highest BCUT2D eigenvalue weighted by Crippen LogP contribution is 2.39. The van der Waals surface area contributed by atoms with Crippen molar-refractivity contribution in [1.82, 2.24) is 24.7 Å². The zero-order valence-electron chi connectivity index (χ0n) is 23.4. The van der Waals surface area contributed by atoms with Crippen molar-refractivity contribution in [2.45, 2.75) is 56.7 Å². The molecule has 0 aliphatic carbocycles. The van der Waals surface area contributed by atoms with Crippen LogP contribution in [-0.4, -0.2) is 84.5 Å². The van der Waals surface area contributed by atoms with Gasteiger partial charge in [-0.3, -0.25) is 9.29 Å². The fourth-order valence-electron chi connectivity index (χ4n) is 5.18. The summed E-state index contributed by atoms with van der Waals surface area (Å²) in [4.78, 5) is 9.80. The van der Waals surface area contributed by atoms with Gasteiger partial charge in [-0.05, 0) is 45.2 Å². The first kappa shape index (κ1) is 29.0. The zero-order chi connectivity index (χ0) is 29.1. The number of ether oxygens (including phenoxy) is 4. The molecule has 0 amide bonds. The monoisotopic (exact) mass is 591 g/mol. The number of benzene rings is 1. The molecule has 13 nitrogen and oxygen atoms in total. The number of halogens is 1. The van der Waals surface area contributed by atoms with Crippen LogP contribution in [0.4, 0.5) is 16.3 Å². The summed E-state index contributed by atoms with van der Waals surface area (Å²) < 4.78 is 68.8. The van der Waals surface area contributed by atoms with Crippen LogP contribution >= 0.6 is 0 Å². The Hall–Kier alpha value is -3.56. The van der Waals surface area contributed by atoms with E-state index in [9.17, 15) is 12.8 Å². The molecule has 0 spiro atoms. The smallest absolute Gasteiger partial charge is 0.243 e. The molecule has 3 aromatic rings. The second kappa shape index (κ2) is 12.1. The van der Waals surface area contributed by atoms with E-state index in [1.165, 1.54) is 14.2 Å². The predicted molar refractivity (Wildman–Crippen MR) is 148 cm³/mol. The molecule has 1 N–H and O–H groups in total. The van der Waals surface area contributed by atoms with Gasteiger partial charge >= 0.3 is 0 Å². The molecule has 2 aliphatic rings. The van der Waals surface area contributed by atoms with Crippen molar-refractivity contribution in [3.05, 3.63) is 42.2 Å². The molecule has 2 fully saturated rings. The van der Waals surface area contributed by atoms with E-state index < -0.39 is 27.2 Å². The second-order valence-electron chi connectivity index (χ2n) is 10.1. The first-order valence-electron chi connectivity index (χ1n) is 13.4. The lowest BCUT2D eigenvalue weighted by Gasteiger charge is -2.37. The molecule has 4 heterocycles. The fourth-order valence-corrected chi connectivity index (χ4v) is 6.58. The van der Waals surface area contributed by atoms with Gasteiger partial charge in [0.1, 0.15) is 28.5 Å². The number of anilines is 2. The maximum absolute atomic E-state index is 14.0. The number of methoxy groups -OCH3 is 2. The summed E-state index contributed by atoms with van der Waals surface area (Å²) in [6.45, 7) is 4.73. The van der Waals surface area contributed by atoms with Crippen molar-refractivity contribution in [2.24, 2.45) is 0 Å². The number of hydrogen-bond donors (Lipinski definition) is 1. The van der Waals surface area contributed by atoms with E-state index in [0.717, 1.165) is 18.8 Å². The number of rotatable bonds is 10. The second-order valence-corrected chi connectivity index (χ2v) is 12.1. The maximum atomic E-state index is 14.0. The maximum Gasteiger partial charge on any atom is 0.243 e. The molecule has 1 aromatic carbocycles. The van der Waals surface area contributed by atoms with Gasteiger partial charge in [0.05, 0.1) is 38.8 Å². The molecule has 2 aliphatic heterocycles. The number of nitrogens with one attached hydrogen (secondary N) is 1. The van der Waals surface area contributed by atoms with E-state index in [4.69, 9.17) is 18.9 Å². The largest absolute Gasteiger partial charge is 0.494 e. The van der Waals surface area contributed by atoms with Crippen molar-refractivity contribution < 1.29 is 31.8 Å². The summed E-state index contributed by atoms with van der Waals surface area (Å²) in [7, 11) is -1.05. The summed E-state index contributed by atoms with van der Waals surface area (Å²) in [5, 5.41) is 7.64. The van der Waals surface area contributed by atoms with Crippen molar-refractivity contribution in [1.29, 1.82) is 0 Å². The third kappa shape index (κ3) is 6.21. The lowest BCUT2D eigenvalue weighted by molar-refractivity contribution is 0.00147. The van der Waals surface area contributed by atoms with Crippen LogP contribution in [0.15, 0.2) is 30.6 Å². The lowest BCUT2D eigenvalue weighted by atomic mass is 10.1. The molecular weight excluding hydrogens is 557 g/mol. The number of aromatic nitrogens is 5. The highest BCUT2D eigenvalue weighted by molar-refractivity contribution is 7.93. The van der Waals surface area contributed by atoms with E-state index in [-0.39, 0.29) is 37.1 Å². The van der Waals surface area contributed by atoms with Crippen molar-refractivity contribution in [2.75, 3.05) is 43.5 Å². The molecule has 0 unspecified atom stereocenters. The number of piperidine rings is 1. The van der Waals surface area contributed by atoms with E-state index in [1.54, 1.807) is 27.7 Å². The molecule has 2 aromatic heterocycles. The Morgan fingerprint density at radius 3 is 2.41 bits per heavy atom. The molecule has 0 saturated carbocycles. The molecule has 2 saturated heterocycles. The van der Waals surface area contributed by atoms with Gasteiger partial charge in [-0.2, -0.15) is 0 Å². The van der Waals surface area contributed by atoms with Gasteiger partial charge in [-0.15, -0.1) is 10.2 Å². The quantitative estimate of drug-likeness (QED) is 0.372. The van der Waals surface area contributed by atoms with Crippen LogP contribution in [-0.2, 0) is 19.5 Å². The highest BCUT2D eigenvalue weighted by Gasteiger charge is 2.39. The van der Waals surface area contributed by atoms with Crippen LogP contribution in [0.5, 0.6) is 11.5 Å². The summed E-state index contributed by atoms with van der Waals surface area (Å²) in [5.41, 5.74) is 0.441. The van der Waals surface area contributed by atoms with Crippen molar-refractivity contribution in [3.8, 4) is 17.2 Å². The molecule has 0 bridgehead atoms. The highest BCUT2D eigenvalue weighted by atomic mass is 32.2. The number of hydrogen-bond acceptors (Lipinski definition) is 11. The Kier molecular flexibility index (Phi) is 8.56. The summed E-state index contributed by atoms with van der Waals surface area (Å²) in [5.74, 6) is 0.896. The van der Waals surface area contributed by atoms with Crippen LogP contribution in [0.25, 0.3) is 5.69 Å². The van der Waals surface area contributed by atoms with E-state index in [2.05, 4.69) is 24.9 Å². The molecule has 0 radical (unpaired) electrons. The summed E-state index contributed by atoms with van der Waals surface area (Å²) in [6, 6.07) is 5.25. The van der Waals surface area contributed by atoms with Gasteiger partial charge in [0.25, 0.3) is 0 Å². The SMILES string of the molecule is COc1cccc(OC)c1-n1c(NS(=O)(=O)[C@H]2C[C@H](OC(C)C)CN(c3ncc(F)cn3)C2)nnc1[C@H]1CCCO1. The number of sulfonamides is 1. The Labute approximate surface area is 238 Å². The molecule has 41 heavy (non-hydrogen) atoms. The van der Waals surface area contributed by atoms with Gasteiger partial charge in [0.15, 0.2) is 11.6 Å². The van der Waals surface area contributed by atoms with Crippen LogP contribution < -0.4 is 19.1 Å². The lowest BCUT2D eigenvalue weighted by Crippen LogP contribution is -2.51.